The SMILES string of the molecule is CC(=CCCC(Cl)(Cl)Cl)C(=O)O. The Kier molecular flexibility index (Phi) is 4.98. The molecule has 0 saturated heterocycles. The molecule has 0 amide bonds. The second kappa shape index (κ2) is 4.95. The van der Waals surface area contributed by atoms with Crippen molar-refractivity contribution in [3.63, 3.8) is 0 Å². The minimum Gasteiger partial charge on any atom is -0.478 e. The van der Waals surface area contributed by atoms with Gasteiger partial charge in [-0.3, -0.25) is 0 Å². The second-order valence-electron chi connectivity index (χ2n) is 2.35. The molecule has 0 atom stereocenters. The Balaban J connectivity index is 3.83. The number of aliphatic carboxylic acids is 1. The van der Waals surface area contributed by atoms with Gasteiger partial charge in [0.25, 0.3) is 0 Å². The molecule has 0 radical (unpaired) electrons. The largest absolute Gasteiger partial charge is 0.478 e. The topological polar surface area (TPSA) is 37.3 Å². The third-order valence-electron chi connectivity index (χ3n) is 1.22. The first-order chi connectivity index (χ1) is 5.33. The minimum absolute atomic E-state index is 0.268. The fourth-order valence-corrected chi connectivity index (χ4v) is 0.867. The van der Waals surface area contributed by atoms with E-state index in [1.54, 1.807) is 0 Å². The summed E-state index contributed by atoms with van der Waals surface area (Å²) in [5.41, 5.74) is 0.268. The monoisotopic (exact) mass is 230 g/mol. The molecule has 0 aliphatic heterocycles. The molecule has 0 aromatic carbocycles. The van der Waals surface area contributed by atoms with Crippen LogP contribution >= 0.6 is 34.8 Å². The molecule has 5 heteroatoms. The first-order valence-electron chi connectivity index (χ1n) is 3.30. The maximum Gasteiger partial charge on any atom is 0.330 e. The van der Waals surface area contributed by atoms with E-state index in [9.17, 15) is 4.79 Å². The summed E-state index contributed by atoms with van der Waals surface area (Å²) in [6, 6.07) is 0. The van der Waals surface area contributed by atoms with Crippen LogP contribution in [0.1, 0.15) is 19.8 Å². The highest BCUT2D eigenvalue weighted by Crippen LogP contribution is 2.31. The molecule has 0 spiro atoms. The lowest BCUT2D eigenvalue weighted by Crippen LogP contribution is -2.01. The molecule has 0 aliphatic rings. The first-order valence-corrected chi connectivity index (χ1v) is 4.43. The van der Waals surface area contributed by atoms with Gasteiger partial charge in [-0.05, 0) is 19.8 Å². The highest BCUT2D eigenvalue weighted by atomic mass is 35.6. The average Bonchev–Trinajstić information content (AvgIpc) is 1.84. The van der Waals surface area contributed by atoms with Crippen molar-refractivity contribution in [3.05, 3.63) is 11.6 Å². The zero-order valence-corrected chi connectivity index (χ0v) is 8.75. The number of rotatable bonds is 3. The molecule has 2 nitrogen and oxygen atoms in total. The summed E-state index contributed by atoms with van der Waals surface area (Å²) in [6.45, 7) is 1.50. The number of carboxylic acids is 1. The van der Waals surface area contributed by atoms with E-state index >= 15 is 0 Å². The Morgan fingerprint density at radius 2 is 2.00 bits per heavy atom. The van der Waals surface area contributed by atoms with Gasteiger partial charge in [0.05, 0.1) is 0 Å². The molecule has 70 valence electrons. The van der Waals surface area contributed by atoms with Crippen LogP contribution < -0.4 is 0 Å². The molecule has 12 heavy (non-hydrogen) atoms. The highest BCUT2D eigenvalue weighted by molar-refractivity contribution is 6.67. The van der Waals surface area contributed by atoms with Crippen LogP contribution in [0.4, 0.5) is 0 Å². The maximum atomic E-state index is 10.3. The van der Waals surface area contributed by atoms with Crippen molar-refractivity contribution in [3.8, 4) is 0 Å². The van der Waals surface area contributed by atoms with Crippen molar-refractivity contribution in [2.45, 2.75) is 23.6 Å². The molecule has 0 bridgehead atoms. The van der Waals surface area contributed by atoms with E-state index in [4.69, 9.17) is 39.9 Å². The number of carboxylic acid groups (broad SMARTS) is 1. The molecule has 0 unspecified atom stereocenters. The molecular weight excluding hydrogens is 222 g/mol. The van der Waals surface area contributed by atoms with Gasteiger partial charge in [-0.2, -0.15) is 0 Å². The van der Waals surface area contributed by atoms with Gasteiger partial charge in [-0.1, -0.05) is 40.9 Å². The predicted molar refractivity (Wildman–Crippen MR) is 50.9 cm³/mol. The van der Waals surface area contributed by atoms with E-state index in [0.29, 0.717) is 12.8 Å². The van der Waals surface area contributed by atoms with Crippen LogP contribution in [0.3, 0.4) is 0 Å². The van der Waals surface area contributed by atoms with E-state index in [0.717, 1.165) is 0 Å². The van der Waals surface area contributed by atoms with E-state index in [2.05, 4.69) is 0 Å². The van der Waals surface area contributed by atoms with Gasteiger partial charge in [-0.25, -0.2) is 4.79 Å². The van der Waals surface area contributed by atoms with Gasteiger partial charge in [0, 0.05) is 5.57 Å². The van der Waals surface area contributed by atoms with E-state index in [-0.39, 0.29) is 5.57 Å². The Morgan fingerprint density at radius 3 is 2.33 bits per heavy atom. The quantitative estimate of drug-likeness (QED) is 0.598. The number of allylic oxidation sites excluding steroid dienone is 1. The zero-order chi connectivity index (χ0) is 9.78. The summed E-state index contributed by atoms with van der Waals surface area (Å²) >= 11 is 16.4. The fourth-order valence-electron chi connectivity index (χ4n) is 0.540. The van der Waals surface area contributed by atoms with Gasteiger partial charge in [0.2, 0.25) is 0 Å². The standard InChI is InChI=1S/C7H9Cl3O2/c1-5(6(11)12)3-2-4-7(8,9)10/h3H,2,4H2,1H3,(H,11,12). The Labute approximate surface area is 86.1 Å². The minimum atomic E-state index is -1.30. The summed E-state index contributed by atoms with van der Waals surface area (Å²) in [7, 11) is 0. The molecule has 1 N–H and O–H groups in total. The van der Waals surface area contributed by atoms with E-state index < -0.39 is 9.76 Å². The number of carbonyl (C=O) groups is 1. The van der Waals surface area contributed by atoms with Gasteiger partial charge >= 0.3 is 5.97 Å². The van der Waals surface area contributed by atoms with Crippen molar-refractivity contribution < 1.29 is 9.90 Å². The van der Waals surface area contributed by atoms with Gasteiger partial charge in [-0.15, -0.1) is 0 Å². The van der Waals surface area contributed by atoms with Crippen molar-refractivity contribution in [2.75, 3.05) is 0 Å². The van der Waals surface area contributed by atoms with Crippen molar-refractivity contribution in [2.24, 2.45) is 0 Å². The van der Waals surface area contributed by atoms with Gasteiger partial charge in [0.15, 0.2) is 3.79 Å². The van der Waals surface area contributed by atoms with E-state index in [1.807, 2.05) is 0 Å². The van der Waals surface area contributed by atoms with Crippen LogP contribution in [0.25, 0.3) is 0 Å². The van der Waals surface area contributed by atoms with Crippen molar-refractivity contribution >= 4 is 40.8 Å². The molecule has 0 aromatic heterocycles. The van der Waals surface area contributed by atoms with Crippen LogP contribution in [-0.4, -0.2) is 14.9 Å². The van der Waals surface area contributed by atoms with Crippen LogP contribution in [0.2, 0.25) is 0 Å². The van der Waals surface area contributed by atoms with Crippen molar-refractivity contribution in [1.82, 2.24) is 0 Å². The van der Waals surface area contributed by atoms with Gasteiger partial charge < -0.3 is 5.11 Å². The highest BCUT2D eigenvalue weighted by Gasteiger charge is 2.17. The molecular formula is C7H9Cl3O2. The predicted octanol–water partition coefficient (Wildman–Crippen LogP) is 3.17. The first kappa shape index (κ1) is 12.1. The Morgan fingerprint density at radius 1 is 1.50 bits per heavy atom. The molecule has 0 aliphatic carbocycles. The number of hydrogen-bond donors (Lipinski definition) is 1. The second-order valence-corrected chi connectivity index (χ2v) is 4.86. The van der Waals surface area contributed by atoms with Crippen molar-refractivity contribution in [1.29, 1.82) is 0 Å². The normalized spacial score (nSPS) is 13.2. The lowest BCUT2D eigenvalue weighted by atomic mass is 10.2. The molecule has 0 heterocycles. The summed E-state index contributed by atoms with van der Waals surface area (Å²) in [4.78, 5) is 10.3. The third kappa shape index (κ3) is 6.77. The number of hydrogen-bond acceptors (Lipinski definition) is 1. The smallest absolute Gasteiger partial charge is 0.330 e. The summed E-state index contributed by atoms with van der Waals surface area (Å²) in [6.07, 6.45) is 2.31. The summed E-state index contributed by atoms with van der Waals surface area (Å²) in [5.74, 6) is -0.945. The molecule has 0 rings (SSSR count). The zero-order valence-electron chi connectivity index (χ0n) is 6.48. The Hall–Kier alpha value is 0.0800. The number of halogens is 3. The third-order valence-corrected chi connectivity index (χ3v) is 1.78. The van der Waals surface area contributed by atoms with Gasteiger partial charge in [0.1, 0.15) is 0 Å². The van der Waals surface area contributed by atoms with Crippen LogP contribution in [0, 0.1) is 0 Å². The van der Waals surface area contributed by atoms with Crippen LogP contribution in [0.5, 0.6) is 0 Å². The van der Waals surface area contributed by atoms with Crippen LogP contribution in [0.15, 0.2) is 11.6 Å². The fraction of sp³-hybridized carbons (Fsp3) is 0.571. The molecule has 0 fully saturated rings. The van der Waals surface area contributed by atoms with Crippen LogP contribution in [-0.2, 0) is 4.79 Å². The lowest BCUT2D eigenvalue weighted by Gasteiger charge is -2.07. The summed E-state index contributed by atoms with van der Waals surface area (Å²) in [5, 5.41) is 8.44. The lowest BCUT2D eigenvalue weighted by molar-refractivity contribution is -0.132. The number of alkyl halides is 3. The maximum absolute atomic E-state index is 10.3. The molecule has 0 saturated carbocycles. The van der Waals surface area contributed by atoms with E-state index in [1.165, 1.54) is 13.0 Å². The molecule has 0 aromatic rings. The summed E-state index contributed by atoms with van der Waals surface area (Å²) < 4.78 is -1.30. The average molecular weight is 232 g/mol. The Bertz CT molecular complexity index is 193.